The van der Waals surface area contributed by atoms with Gasteiger partial charge in [0.25, 0.3) is 5.91 Å². The van der Waals surface area contributed by atoms with Crippen LogP contribution in [0, 0.1) is 0 Å². The molecule has 0 saturated heterocycles. The molecule has 0 unspecified atom stereocenters. The summed E-state index contributed by atoms with van der Waals surface area (Å²) < 4.78 is 5.09. The third-order valence-corrected chi connectivity index (χ3v) is 5.37. The maximum atomic E-state index is 12.1. The monoisotopic (exact) mass is 421 g/mol. The van der Waals surface area contributed by atoms with E-state index in [4.69, 9.17) is 4.74 Å². The maximum absolute atomic E-state index is 12.1. The Kier molecular flexibility index (Phi) is 7.92. The number of phenols is 1. The highest BCUT2D eigenvalue weighted by Crippen LogP contribution is 2.22. The van der Waals surface area contributed by atoms with E-state index in [-0.39, 0.29) is 18.3 Å². The molecule has 0 saturated carbocycles. The van der Waals surface area contributed by atoms with Gasteiger partial charge in [-0.15, -0.1) is 0 Å². The second-order valence-electron chi connectivity index (χ2n) is 6.59. The molecule has 154 valence electrons. The first-order valence-electron chi connectivity index (χ1n) is 9.57. The number of amides is 1. The number of rotatable bonds is 9. The molecule has 2 N–H and O–H groups in total. The highest BCUT2D eigenvalue weighted by atomic mass is 32.2. The lowest BCUT2D eigenvalue weighted by atomic mass is 10.0. The largest absolute Gasteiger partial charge is 0.508 e. The number of hydrogen-bond donors (Lipinski definition) is 2. The molecule has 5 nitrogen and oxygen atoms in total. The van der Waals surface area contributed by atoms with Crippen LogP contribution in [0.15, 0.2) is 78.9 Å². The van der Waals surface area contributed by atoms with Crippen molar-refractivity contribution in [1.29, 1.82) is 0 Å². The van der Waals surface area contributed by atoms with Gasteiger partial charge in [0, 0.05) is 18.1 Å². The lowest BCUT2D eigenvalue weighted by Gasteiger charge is -2.08. The summed E-state index contributed by atoms with van der Waals surface area (Å²) in [6.07, 6.45) is 0. The van der Waals surface area contributed by atoms with Gasteiger partial charge in [0.1, 0.15) is 5.75 Å². The number of carbonyl (C=O) groups is 2. The minimum absolute atomic E-state index is 0.201. The standard InChI is InChI=1S/C24H23NO4S/c26-22-12-10-20(11-13-22)19-6-8-21(9-7-19)24(28)29-16-23(27)25-14-15-30-17-18-4-2-1-3-5-18/h1-13,26H,14-17H2,(H,25,27). The summed E-state index contributed by atoms with van der Waals surface area (Å²) in [4.78, 5) is 24.0. The number of hydrogen-bond acceptors (Lipinski definition) is 5. The van der Waals surface area contributed by atoms with Crippen LogP contribution in [0.5, 0.6) is 5.75 Å². The fraction of sp³-hybridized carbons (Fsp3) is 0.167. The van der Waals surface area contributed by atoms with Crippen molar-refractivity contribution in [2.24, 2.45) is 0 Å². The summed E-state index contributed by atoms with van der Waals surface area (Å²) in [5.74, 6) is 1.02. The second kappa shape index (κ2) is 11.1. The number of nitrogens with one attached hydrogen (secondary N) is 1. The Hall–Kier alpha value is -3.25. The number of phenolic OH excluding ortho intramolecular Hbond substituents is 1. The topological polar surface area (TPSA) is 75.6 Å². The summed E-state index contributed by atoms with van der Waals surface area (Å²) in [5.41, 5.74) is 3.47. The zero-order valence-corrected chi connectivity index (χ0v) is 17.2. The van der Waals surface area contributed by atoms with Crippen molar-refractivity contribution < 1.29 is 19.4 Å². The molecule has 0 heterocycles. The van der Waals surface area contributed by atoms with Crippen molar-refractivity contribution in [2.45, 2.75) is 5.75 Å². The zero-order valence-electron chi connectivity index (χ0n) is 16.4. The van der Waals surface area contributed by atoms with Crippen molar-refractivity contribution in [2.75, 3.05) is 18.9 Å². The van der Waals surface area contributed by atoms with Crippen molar-refractivity contribution in [3.05, 3.63) is 90.0 Å². The molecule has 3 rings (SSSR count). The van der Waals surface area contributed by atoms with E-state index in [0.717, 1.165) is 22.6 Å². The van der Waals surface area contributed by atoms with Crippen LogP contribution in [0.3, 0.4) is 0 Å². The normalized spacial score (nSPS) is 10.4. The lowest BCUT2D eigenvalue weighted by molar-refractivity contribution is -0.124. The van der Waals surface area contributed by atoms with Gasteiger partial charge < -0.3 is 15.2 Å². The number of benzene rings is 3. The van der Waals surface area contributed by atoms with Crippen molar-refractivity contribution >= 4 is 23.6 Å². The molecule has 0 aliphatic rings. The van der Waals surface area contributed by atoms with Gasteiger partial charge in [-0.1, -0.05) is 54.6 Å². The number of aromatic hydroxyl groups is 1. The van der Waals surface area contributed by atoms with Crippen LogP contribution in [0.2, 0.25) is 0 Å². The van der Waals surface area contributed by atoms with E-state index in [2.05, 4.69) is 17.4 Å². The van der Waals surface area contributed by atoms with Gasteiger partial charge in [-0.3, -0.25) is 4.79 Å². The molecule has 30 heavy (non-hydrogen) atoms. The minimum atomic E-state index is -0.541. The number of ether oxygens (including phenoxy) is 1. The van der Waals surface area contributed by atoms with Gasteiger partial charge in [0.05, 0.1) is 5.56 Å². The van der Waals surface area contributed by atoms with Gasteiger partial charge >= 0.3 is 5.97 Å². The van der Waals surface area contributed by atoms with Gasteiger partial charge in [-0.25, -0.2) is 4.79 Å². The Morgan fingerprint density at radius 2 is 1.50 bits per heavy atom. The molecule has 0 bridgehead atoms. The predicted octanol–water partition coefficient (Wildman–Crippen LogP) is 4.27. The third kappa shape index (κ3) is 6.67. The molecular formula is C24H23NO4S. The zero-order chi connectivity index (χ0) is 21.2. The summed E-state index contributed by atoms with van der Waals surface area (Å²) in [6.45, 7) is 0.219. The van der Waals surface area contributed by atoms with E-state index in [0.29, 0.717) is 12.1 Å². The van der Waals surface area contributed by atoms with Gasteiger partial charge in [-0.05, 0) is 41.0 Å². The molecule has 0 fully saturated rings. The summed E-state index contributed by atoms with van der Waals surface area (Å²) in [5, 5.41) is 12.1. The number of carbonyl (C=O) groups excluding carboxylic acids is 2. The van der Waals surface area contributed by atoms with E-state index in [1.807, 2.05) is 18.2 Å². The molecule has 0 aromatic heterocycles. The van der Waals surface area contributed by atoms with Crippen LogP contribution in [-0.4, -0.2) is 35.9 Å². The van der Waals surface area contributed by atoms with Crippen LogP contribution in [-0.2, 0) is 15.3 Å². The SMILES string of the molecule is O=C(COC(=O)c1ccc(-c2ccc(O)cc2)cc1)NCCSCc1ccccc1. The van der Waals surface area contributed by atoms with Crippen molar-refractivity contribution in [3.63, 3.8) is 0 Å². The fourth-order valence-corrected chi connectivity index (χ4v) is 3.56. The van der Waals surface area contributed by atoms with Crippen LogP contribution >= 0.6 is 11.8 Å². The molecular weight excluding hydrogens is 398 g/mol. The lowest BCUT2D eigenvalue weighted by Crippen LogP contribution is -2.30. The second-order valence-corrected chi connectivity index (χ2v) is 7.69. The predicted molar refractivity (Wildman–Crippen MR) is 119 cm³/mol. The minimum Gasteiger partial charge on any atom is -0.508 e. The molecule has 6 heteroatoms. The first-order chi connectivity index (χ1) is 14.6. The van der Waals surface area contributed by atoms with Crippen LogP contribution in [0.1, 0.15) is 15.9 Å². The Morgan fingerprint density at radius 1 is 0.867 bits per heavy atom. The average molecular weight is 422 g/mol. The van der Waals surface area contributed by atoms with E-state index < -0.39 is 5.97 Å². The van der Waals surface area contributed by atoms with Gasteiger partial charge in [0.2, 0.25) is 0 Å². The van der Waals surface area contributed by atoms with E-state index in [9.17, 15) is 14.7 Å². The van der Waals surface area contributed by atoms with Gasteiger partial charge in [-0.2, -0.15) is 11.8 Å². The number of thioether (sulfide) groups is 1. The number of esters is 1. The molecule has 1 amide bonds. The van der Waals surface area contributed by atoms with Crippen LogP contribution in [0.25, 0.3) is 11.1 Å². The quantitative estimate of drug-likeness (QED) is 0.399. The maximum Gasteiger partial charge on any atom is 0.338 e. The first kappa shape index (κ1) is 21.5. The smallest absolute Gasteiger partial charge is 0.338 e. The average Bonchev–Trinajstić information content (AvgIpc) is 2.78. The Bertz CT molecular complexity index is 957. The van der Waals surface area contributed by atoms with Crippen molar-refractivity contribution in [1.82, 2.24) is 5.32 Å². The molecule has 3 aromatic carbocycles. The summed E-state index contributed by atoms with van der Waals surface area (Å²) in [6, 6.07) is 23.9. The molecule has 0 atom stereocenters. The van der Waals surface area contributed by atoms with Gasteiger partial charge in [0.15, 0.2) is 6.61 Å². The Balaban J connectivity index is 1.36. The van der Waals surface area contributed by atoms with E-state index >= 15 is 0 Å². The summed E-state index contributed by atoms with van der Waals surface area (Å²) in [7, 11) is 0. The third-order valence-electron chi connectivity index (χ3n) is 4.34. The molecule has 0 radical (unpaired) electrons. The molecule has 0 aliphatic heterocycles. The van der Waals surface area contributed by atoms with Crippen LogP contribution in [0.4, 0.5) is 0 Å². The van der Waals surface area contributed by atoms with Crippen LogP contribution < -0.4 is 5.32 Å². The van der Waals surface area contributed by atoms with E-state index in [1.165, 1.54) is 5.56 Å². The summed E-state index contributed by atoms with van der Waals surface area (Å²) >= 11 is 1.73. The first-order valence-corrected chi connectivity index (χ1v) is 10.7. The fourth-order valence-electron chi connectivity index (χ4n) is 2.74. The van der Waals surface area contributed by atoms with Crippen molar-refractivity contribution in [3.8, 4) is 16.9 Å². The highest BCUT2D eigenvalue weighted by Gasteiger charge is 2.10. The Labute approximate surface area is 180 Å². The van der Waals surface area contributed by atoms with E-state index in [1.54, 1.807) is 60.3 Å². The highest BCUT2D eigenvalue weighted by molar-refractivity contribution is 7.98. The molecule has 3 aromatic rings. The molecule has 0 aliphatic carbocycles. The molecule has 0 spiro atoms. The Morgan fingerprint density at radius 3 is 2.17 bits per heavy atom.